The zero-order valence-corrected chi connectivity index (χ0v) is 13.9. The van der Waals surface area contributed by atoms with Crippen molar-refractivity contribution < 1.29 is 0 Å². The van der Waals surface area contributed by atoms with Crippen LogP contribution in [0.3, 0.4) is 0 Å². The van der Waals surface area contributed by atoms with E-state index in [0.29, 0.717) is 11.4 Å². The summed E-state index contributed by atoms with van der Waals surface area (Å²) in [5, 5.41) is 11.7. The number of nitrogen functional groups attached to an aromatic ring is 1. The maximum Gasteiger partial charge on any atom is 0.142 e. The Hall–Kier alpha value is -2.64. The summed E-state index contributed by atoms with van der Waals surface area (Å²) in [5.74, 6) is 0.298. The van der Waals surface area contributed by atoms with Crippen LogP contribution in [0, 0.1) is 18.3 Å². The van der Waals surface area contributed by atoms with Crippen LogP contribution in [0.25, 0.3) is 21.7 Å². The molecule has 0 amide bonds. The van der Waals surface area contributed by atoms with Gasteiger partial charge in [0, 0.05) is 16.0 Å². The van der Waals surface area contributed by atoms with Gasteiger partial charge in [-0.05, 0) is 35.9 Å². The highest BCUT2D eigenvalue weighted by molar-refractivity contribution is 7.13. The zero-order chi connectivity index (χ0) is 16.4. The lowest BCUT2D eigenvalue weighted by Crippen LogP contribution is -2.05. The van der Waals surface area contributed by atoms with Crippen molar-refractivity contribution in [1.82, 2.24) is 4.98 Å². The molecule has 0 aliphatic heterocycles. The summed E-state index contributed by atoms with van der Waals surface area (Å²) in [6.45, 7) is 4.15. The van der Waals surface area contributed by atoms with Gasteiger partial charge >= 0.3 is 0 Å². The Labute approximate surface area is 140 Å². The summed E-state index contributed by atoms with van der Waals surface area (Å²) in [6.07, 6.45) is 0.791. The highest BCUT2D eigenvalue weighted by Gasteiger charge is 2.21. The van der Waals surface area contributed by atoms with Crippen molar-refractivity contribution >= 4 is 17.2 Å². The highest BCUT2D eigenvalue weighted by atomic mass is 32.1. The maximum absolute atomic E-state index is 9.61. The number of hydrogen-bond acceptors (Lipinski definition) is 4. The van der Waals surface area contributed by atoms with E-state index in [-0.39, 0.29) is 0 Å². The first kappa shape index (κ1) is 15.3. The molecular weight excluding hydrogens is 302 g/mol. The fourth-order valence-corrected chi connectivity index (χ4v) is 3.82. The normalized spacial score (nSPS) is 10.5. The quantitative estimate of drug-likeness (QED) is 0.754. The van der Waals surface area contributed by atoms with Gasteiger partial charge in [-0.25, -0.2) is 4.98 Å². The molecule has 0 radical (unpaired) electrons. The van der Waals surface area contributed by atoms with Gasteiger partial charge < -0.3 is 5.73 Å². The first-order chi connectivity index (χ1) is 11.2. The average molecular weight is 319 g/mol. The largest absolute Gasteiger partial charge is 0.383 e. The van der Waals surface area contributed by atoms with Gasteiger partial charge in [-0.15, -0.1) is 11.3 Å². The molecule has 3 rings (SSSR count). The lowest BCUT2D eigenvalue weighted by Gasteiger charge is -2.16. The predicted molar refractivity (Wildman–Crippen MR) is 96.2 cm³/mol. The minimum Gasteiger partial charge on any atom is -0.383 e. The van der Waals surface area contributed by atoms with E-state index in [2.05, 4.69) is 31.0 Å². The minimum absolute atomic E-state index is 0.298. The third kappa shape index (κ3) is 2.60. The molecule has 0 atom stereocenters. The van der Waals surface area contributed by atoms with Crippen LogP contribution in [0.5, 0.6) is 0 Å². The van der Waals surface area contributed by atoms with Gasteiger partial charge in [0.25, 0.3) is 0 Å². The number of benzene rings is 1. The van der Waals surface area contributed by atoms with Gasteiger partial charge in [0.2, 0.25) is 0 Å². The number of pyridine rings is 1. The summed E-state index contributed by atoms with van der Waals surface area (Å²) in [7, 11) is 0. The van der Waals surface area contributed by atoms with E-state index in [1.807, 2.05) is 35.7 Å². The summed E-state index contributed by atoms with van der Waals surface area (Å²) in [4.78, 5) is 5.65. The topological polar surface area (TPSA) is 62.7 Å². The molecule has 2 aromatic heterocycles. The van der Waals surface area contributed by atoms with Crippen LogP contribution in [0.4, 0.5) is 5.82 Å². The Morgan fingerprint density at radius 1 is 1.22 bits per heavy atom. The van der Waals surface area contributed by atoms with E-state index in [9.17, 15) is 5.26 Å². The van der Waals surface area contributed by atoms with E-state index in [1.165, 1.54) is 0 Å². The number of rotatable bonds is 3. The zero-order valence-electron chi connectivity index (χ0n) is 13.1. The number of thiophene rings is 1. The number of anilines is 1. The second-order valence-electron chi connectivity index (χ2n) is 5.34. The molecule has 0 unspecified atom stereocenters. The molecular formula is C19H17N3S. The van der Waals surface area contributed by atoms with E-state index in [0.717, 1.165) is 39.2 Å². The first-order valence-electron chi connectivity index (χ1n) is 7.49. The molecule has 0 bridgehead atoms. The van der Waals surface area contributed by atoms with Gasteiger partial charge in [-0.3, -0.25) is 0 Å². The fourth-order valence-electron chi connectivity index (χ4n) is 2.81. The Morgan fingerprint density at radius 2 is 1.96 bits per heavy atom. The molecule has 2 N–H and O–H groups in total. The summed E-state index contributed by atoms with van der Waals surface area (Å²) in [6, 6.07) is 14.3. The van der Waals surface area contributed by atoms with Gasteiger partial charge in [0.1, 0.15) is 17.5 Å². The molecule has 1 aromatic carbocycles. The molecule has 3 nitrogen and oxygen atoms in total. The van der Waals surface area contributed by atoms with Gasteiger partial charge in [-0.2, -0.15) is 5.26 Å². The molecule has 4 heteroatoms. The number of aromatic nitrogens is 1. The standard InChI is InChI=1S/C19H17N3S/c1-3-14-16(18-12(2)9-10-23-18)15(11-20)19(21)22-17(14)13-7-5-4-6-8-13/h4-10H,3H2,1-2H3,(H2,21,22). The van der Waals surface area contributed by atoms with Crippen molar-refractivity contribution in [1.29, 1.82) is 5.26 Å². The molecule has 0 saturated heterocycles. The number of aryl methyl sites for hydroxylation is 1. The Kier molecular flexibility index (Phi) is 4.14. The van der Waals surface area contributed by atoms with Crippen LogP contribution in [0.15, 0.2) is 41.8 Å². The molecule has 114 valence electrons. The predicted octanol–water partition coefficient (Wildman–Crippen LogP) is 4.80. The van der Waals surface area contributed by atoms with E-state index < -0.39 is 0 Å². The van der Waals surface area contributed by atoms with Gasteiger partial charge in [0.05, 0.1) is 5.69 Å². The third-order valence-corrected chi connectivity index (χ3v) is 4.96. The number of nitriles is 1. The van der Waals surface area contributed by atoms with Crippen LogP contribution in [0.1, 0.15) is 23.6 Å². The maximum atomic E-state index is 9.61. The van der Waals surface area contributed by atoms with E-state index in [1.54, 1.807) is 11.3 Å². The minimum atomic E-state index is 0.298. The lowest BCUT2D eigenvalue weighted by molar-refractivity contribution is 1.11. The van der Waals surface area contributed by atoms with Crippen molar-refractivity contribution in [3.05, 3.63) is 58.5 Å². The Morgan fingerprint density at radius 3 is 2.52 bits per heavy atom. The first-order valence-corrected chi connectivity index (χ1v) is 8.37. The van der Waals surface area contributed by atoms with Gasteiger partial charge in [-0.1, -0.05) is 37.3 Å². The molecule has 0 spiro atoms. The number of nitrogens with two attached hydrogens (primary N) is 1. The van der Waals surface area contributed by atoms with Crippen molar-refractivity contribution in [2.24, 2.45) is 0 Å². The lowest BCUT2D eigenvalue weighted by atomic mass is 9.93. The molecule has 0 aliphatic rings. The van der Waals surface area contributed by atoms with Crippen molar-refractivity contribution in [3.8, 4) is 27.8 Å². The van der Waals surface area contributed by atoms with E-state index >= 15 is 0 Å². The number of hydrogen-bond donors (Lipinski definition) is 1. The monoisotopic (exact) mass is 319 g/mol. The molecule has 2 heterocycles. The second kappa shape index (κ2) is 6.23. The summed E-state index contributed by atoms with van der Waals surface area (Å²) >= 11 is 1.64. The molecule has 23 heavy (non-hydrogen) atoms. The summed E-state index contributed by atoms with van der Waals surface area (Å²) in [5.41, 5.74) is 11.7. The van der Waals surface area contributed by atoms with Crippen molar-refractivity contribution in [3.63, 3.8) is 0 Å². The molecule has 0 fully saturated rings. The van der Waals surface area contributed by atoms with Crippen LogP contribution >= 0.6 is 11.3 Å². The van der Waals surface area contributed by atoms with Crippen molar-refractivity contribution in [2.45, 2.75) is 20.3 Å². The smallest absolute Gasteiger partial charge is 0.142 e. The van der Waals surface area contributed by atoms with Crippen LogP contribution in [-0.2, 0) is 6.42 Å². The number of nitrogens with zero attached hydrogens (tertiary/aromatic N) is 2. The van der Waals surface area contributed by atoms with Gasteiger partial charge in [0.15, 0.2) is 0 Å². The average Bonchev–Trinajstić information content (AvgIpc) is 3.00. The van der Waals surface area contributed by atoms with Crippen molar-refractivity contribution in [2.75, 3.05) is 5.73 Å². The molecule has 0 saturated carbocycles. The van der Waals surface area contributed by atoms with Crippen LogP contribution < -0.4 is 5.73 Å². The van der Waals surface area contributed by atoms with E-state index in [4.69, 9.17) is 5.73 Å². The molecule has 0 aliphatic carbocycles. The Bertz CT molecular complexity index is 889. The summed E-state index contributed by atoms with van der Waals surface area (Å²) < 4.78 is 0. The van der Waals surface area contributed by atoms with Crippen LogP contribution in [0.2, 0.25) is 0 Å². The fraction of sp³-hybridized carbons (Fsp3) is 0.158. The molecule has 3 aromatic rings. The third-order valence-electron chi connectivity index (χ3n) is 3.93. The van der Waals surface area contributed by atoms with Crippen LogP contribution in [-0.4, -0.2) is 4.98 Å². The Balaban J connectivity index is 2.40. The highest BCUT2D eigenvalue weighted by Crippen LogP contribution is 2.40. The second-order valence-corrected chi connectivity index (χ2v) is 6.25. The SMILES string of the molecule is CCc1c(-c2ccccc2)nc(N)c(C#N)c1-c1sccc1C.